The van der Waals surface area contributed by atoms with E-state index in [2.05, 4.69) is 46.1 Å². The Hall–Kier alpha value is -4.21. The van der Waals surface area contributed by atoms with E-state index in [1.54, 1.807) is 0 Å². The van der Waals surface area contributed by atoms with Gasteiger partial charge in [0, 0.05) is 0 Å². The van der Waals surface area contributed by atoms with E-state index in [1.807, 2.05) is 0 Å². The first kappa shape index (κ1) is 37.8. The summed E-state index contributed by atoms with van der Waals surface area (Å²) in [6.07, 6.45) is 17.2. The van der Waals surface area contributed by atoms with Crippen LogP contribution in [-0.4, -0.2) is 40.1 Å². The zero-order valence-electron chi connectivity index (χ0n) is 25.0. The Labute approximate surface area is 249 Å². The highest BCUT2D eigenvalue weighted by atomic mass is 16.5. The van der Waals surface area contributed by atoms with Crippen molar-refractivity contribution in [2.45, 2.75) is 58.2 Å². The molecule has 0 saturated heterocycles. The lowest BCUT2D eigenvalue weighted by molar-refractivity contribution is 0.114. The monoisotopic (exact) mass is 587 g/mol. The molecule has 10 nitrogen and oxygen atoms in total. The Morgan fingerprint density at radius 1 is 0.524 bits per heavy atom. The lowest BCUT2D eigenvalue weighted by atomic mass is 9.83. The summed E-state index contributed by atoms with van der Waals surface area (Å²) < 4.78 is 23.0. The van der Waals surface area contributed by atoms with Crippen LogP contribution in [0.4, 0.5) is 0 Å². The number of hydrogen-bond donors (Lipinski definition) is 0. The average molecular weight is 588 g/mol. The van der Waals surface area contributed by atoms with E-state index in [-0.39, 0.29) is 19.6 Å². The smallest absolute Gasteiger partial charge is 0.336 e. The molecule has 1 aliphatic rings. The third-order valence-corrected chi connectivity index (χ3v) is 6.20. The summed E-state index contributed by atoms with van der Waals surface area (Å²) in [5.74, 6) is 1.43. The first-order chi connectivity index (χ1) is 20.4. The summed E-state index contributed by atoms with van der Waals surface area (Å²) in [5, 5.41) is 0. The molecule has 1 saturated carbocycles. The Morgan fingerprint density at radius 3 is 1.05 bits per heavy atom. The molecule has 1 aromatic rings. The van der Waals surface area contributed by atoms with E-state index >= 15 is 0 Å². The van der Waals surface area contributed by atoms with Gasteiger partial charge in [-0.3, -0.25) is 0 Å². The molecule has 234 valence electrons. The van der Waals surface area contributed by atoms with E-state index in [1.165, 1.54) is 69.0 Å². The maximum absolute atomic E-state index is 11.9. The van der Waals surface area contributed by atoms with Gasteiger partial charge in [-0.05, 0) is 50.4 Å². The van der Waals surface area contributed by atoms with Crippen molar-refractivity contribution >= 4 is 0 Å². The van der Waals surface area contributed by atoms with Crippen LogP contribution < -0.4 is 17.1 Å². The normalized spacial score (nSPS) is 15.1. The van der Waals surface area contributed by atoms with Crippen LogP contribution >= 0.6 is 0 Å². The molecule has 1 fully saturated rings. The molecule has 0 unspecified atom stereocenters. The Kier molecular flexibility index (Phi) is 22.1. The van der Waals surface area contributed by atoms with Gasteiger partial charge in [-0.15, -0.1) is 19.7 Å². The molecule has 1 aliphatic carbocycles. The van der Waals surface area contributed by atoms with E-state index < -0.39 is 17.1 Å². The van der Waals surface area contributed by atoms with Gasteiger partial charge in [-0.25, -0.2) is 28.1 Å². The molecule has 0 N–H and O–H groups in total. The summed E-state index contributed by atoms with van der Waals surface area (Å²) in [7, 11) is 0. The van der Waals surface area contributed by atoms with Crippen LogP contribution in [0.1, 0.15) is 38.5 Å². The molecule has 0 bridgehead atoms. The predicted octanol–water partition coefficient (Wildman–Crippen LogP) is 4.93. The van der Waals surface area contributed by atoms with Gasteiger partial charge in [0.1, 0.15) is 0 Å². The minimum Gasteiger partial charge on any atom is -0.502 e. The number of rotatable bonds is 19. The van der Waals surface area contributed by atoms with Gasteiger partial charge in [0.25, 0.3) is 0 Å². The molecule has 0 radical (unpaired) electrons. The van der Waals surface area contributed by atoms with Crippen molar-refractivity contribution in [3.05, 3.63) is 121 Å². The minimum atomic E-state index is -0.662. The van der Waals surface area contributed by atoms with Crippen LogP contribution in [-0.2, 0) is 38.6 Å². The fourth-order valence-corrected chi connectivity index (χ4v) is 4.05. The van der Waals surface area contributed by atoms with Gasteiger partial charge in [0.05, 0.1) is 71.1 Å². The fourth-order valence-electron chi connectivity index (χ4n) is 4.05. The van der Waals surface area contributed by atoms with Crippen LogP contribution in [0.3, 0.4) is 0 Å². The van der Waals surface area contributed by atoms with Crippen LogP contribution in [0.5, 0.6) is 0 Å². The van der Waals surface area contributed by atoms with E-state index in [9.17, 15) is 14.4 Å². The highest BCUT2D eigenvalue weighted by Crippen LogP contribution is 2.29. The first-order valence-corrected chi connectivity index (χ1v) is 14.0. The number of hydrogen-bond acceptors (Lipinski definition) is 7. The second-order valence-corrected chi connectivity index (χ2v) is 9.21. The zero-order chi connectivity index (χ0) is 31.6. The van der Waals surface area contributed by atoms with Gasteiger partial charge < -0.3 is 18.9 Å². The van der Waals surface area contributed by atoms with E-state index in [0.717, 1.165) is 53.0 Å². The van der Waals surface area contributed by atoms with Crippen LogP contribution in [0.2, 0.25) is 0 Å². The Balaban J connectivity index is 0.000000628. The lowest BCUT2D eigenvalue weighted by Gasteiger charge is -2.27. The summed E-state index contributed by atoms with van der Waals surface area (Å²) in [5.41, 5.74) is -1.99. The highest BCUT2D eigenvalue weighted by Gasteiger charge is 2.21. The average Bonchev–Trinajstić information content (AvgIpc) is 3.00. The van der Waals surface area contributed by atoms with Gasteiger partial charge in [-0.2, -0.15) is 0 Å². The number of aromatic nitrogens is 3. The molecule has 1 heterocycles. The van der Waals surface area contributed by atoms with E-state index in [0.29, 0.717) is 11.8 Å². The number of nitrogens with zero attached hydrogens (tertiary/aromatic N) is 3. The number of ether oxygens (including phenoxy) is 4. The van der Waals surface area contributed by atoms with Crippen molar-refractivity contribution in [3.8, 4) is 0 Å². The topological polar surface area (TPSA) is 103 Å². The van der Waals surface area contributed by atoms with Crippen LogP contribution in [0.15, 0.2) is 104 Å². The second kappa shape index (κ2) is 24.6. The Bertz CT molecular complexity index is 985. The van der Waals surface area contributed by atoms with Crippen molar-refractivity contribution in [1.29, 1.82) is 0 Å². The molecule has 2 rings (SSSR count). The van der Waals surface area contributed by atoms with Crippen molar-refractivity contribution < 1.29 is 18.9 Å². The van der Waals surface area contributed by atoms with Crippen molar-refractivity contribution in [1.82, 2.24) is 13.7 Å². The third-order valence-electron chi connectivity index (χ3n) is 6.20. The van der Waals surface area contributed by atoms with Gasteiger partial charge in [0.2, 0.25) is 0 Å². The first-order valence-electron chi connectivity index (χ1n) is 14.0. The number of unbranched alkanes of at least 4 members (excludes halogenated alkanes) is 1. The maximum atomic E-state index is 11.9. The molecular weight excluding hydrogens is 538 g/mol. The summed E-state index contributed by atoms with van der Waals surface area (Å²) in [4.78, 5) is 35.8. The minimum absolute atomic E-state index is 0.0478. The molecule has 0 atom stereocenters. The fraction of sp³-hybridized carbons (Fsp3) is 0.469. The SMILES string of the molecule is C=CCn1c(=O)n(CC=C)c(=O)n(CC=C)c1=O.C=COCC1CCC(COC=C)CC1.C=COCCCCOC=C. The van der Waals surface area contributed by atoms with Crippen molar-refractivity contribution in [3.63, 3.8) is 0 Å². The van der Waals surface area contributed by atoms with Gasteiger partial charge in [0.15, 0.2) is 0 Å². The molecule has 0 aliphatic heterocycles. The van der Waals surface area contributed by atoms with Crippen LogP contribution in [0, 0.1) is 11.8 Å². The molecule has 10 heteroatoms. The molecule has 0 amide bonds. The molecule has 1 aromatic heterocycles. The maximum Gasteiger partial charge on any atom is 0.336 e. The third kappa shape index (κ3) is 15.0. The highest BCUT2D eigenvalue weighted by molar-refractivity contribution is 4.86. The standard InChI is InChI=1S/C12H15N3O3.C12H20O2.C8H14O2/c1-4-7-13-10(16)14(8-5-2)12(18)15(9-6-3)11(13)17;1-3-13-9-11-5-7-12(8-6-11)10-14-4-2;1-3-9-7-5-6-8-10-4-2/h4-6H,1-3,7-9H2;3-4,11-12H,1-2,5-10H2;3-4H,1-2,5-8H2. The summed E-state index contributed by atoms with van der Waals surface area (Å²) in [6.45, 7) is 27.6. The molecule has 42 heavy (non-hydrogen) atoms. The van der Waals surface area contributed by atoms with Crippen molar-refractivity contribution in [2.75, 3.05) is 26.4 Å². The lowest BCUT2D eigenvalue weighted by Crippen LogP contribution is -2.54. The second-order valence-electron chi connectivity index (χ2n) is 9.21. The predicted molar refractivity (Wildman–Crippen MR) is 169 cm³/mol. The number of allylic oxidation sites excluding steroid dienone is 3. The van der Waals surface area contributed by atoms with Gasteiger partial charge in [-0.1, -0.05) is 44.5 Å². The zero-order valence-corrected chi connectivity index (χ0v) is 25.0. The Morgan fingerprint density at radius 2 is 0.810 bits per heavy atom. The summed E-state index contributed by atoms with van der Waals surface area (Å²) >= 11 is 0. The van der Waals surface area contributed by atoms with Crippen LogP contribution in [0.25, 0.3) is 0 Å². The molecule has 0 aromatic carbocycles. The summed E-state index contributed by atoms with van der Waals surface area (Å²) in [6, 6.07) is 0. The van der Waals surface area contributed by atoms with Crippen molar-refractivity contribution in [2.24, 2.45) is 11.8 Å². The molecule has 0 spiro atoms. The molecular formula is C32H49N3O7. The van der Waals surface area contributed by atoms with E-state index in [4.69, 9.17) is 18.9 Å². The largest absolute Gasteiger partial charge is 0.502 e. The quantitative estimate of drug-likeness (QED) is 0.128. The van der Waals surface area contributed by atoms with Gasteiger partial charge >= 0.3 is 17.1 Å².